The van der Waals surface area contributed by atoms with Gasteiger partial charge in [0.25, 0.3) is 0 Å². The van der Waals surface area contributed by atoms with Crippen LogP contribution in [0.5, 0.6) is 5.75 Å². The number of hydrogen-bond acceptors (Lipinski definition) is 4. The fourth-order valence-corrected chi connectivity index (χ4v) is 4.58. The van der Waals surface area contributed by atoms with Crippen molar-refractivity contribution in [3.8, 4) is 5.75 Å². The maximum atomic E-state index is 13.9. The number of rotatable bonds is 6. The second kappa shape index (κ2) is 8.16. The molecule has 1 saturated heterocycles. The molecule has 7 heteroatoms. The molecular weight excluding hydrogens is 355 g/mol. The van der Waals surface area contributed by atoms with Crippen molar-refractivity contribution in [2.45, 2.75) is 18.4 Å². The van der Waals surface area contributed by atoms with Crippen LogP contribution in [0.4, 0.5) is 4.39 Å². The van der Waals surface area contributed by atoms with Crippen molar-refractivity contribution >= 4 is 10.0 Å². The monoisotopic (exact) mass is 378 g/mol. The molecule has 140 valence electrons. The molecule has 1 heterocycles. The molecule has 1 aliphatic heterocycles. The quantitative estimate of drug-likeness (QED) is 0.776. The number of ether oxygens (including phenoxy) is 1. The standard InChI is InChI=1S/C19H23FN2O3S/c1-2-25-18-9-5-3-7-16(18)15-21-11-13-22(14-12-21)26(23,24)19-10-6-4-8-17(19)20/h3-10H,2,11-15H2,1H3. The molecule has 0 bridgehead atoms. The molecule has 3 rings (SSSR count). The third kappa shape index (κ3) is 4.06. The molecule has 0 atom stereocenters. The van der Waals surface area contributed by atoms with Crippen molar-refractivity contribution in [2.75, 3.05) is 32.8 Å². The lowest BCUT2D eigenvalue weighted by Gasteiger charge is -2.34. The highest BCUT2D eigenvalue weighted by molar-refractivity contribution is 7.89. The number of para-hydroxylation sites is 1. The molecule has 1 aliphatic rings. The van der Waals surface area contributed by atoms with Gasteiger partial charge in [-0.1, -0.05) is 30.3 Å². The molecular formula is C19H23FN2O3S. The highest BCUT2D eigenvalue weighted by Gasteiger charge is 2.30. The second-order valence-corrected chi connectivity index (χ2v) is 8.06. The zero-order valence-corrected chi connectivity index (χ0v) is 15.6. The van der Waals surface area contributed by atoms with E-state index in [9.17, 15) is 12.8 Å². The van der Waals surface area contributed by atoms with Crippen molar-refractivity contribution in [2.24, 2.45) is 0 Å². The first-order valence-corrected chi connectivity index (χ1v) is 10.1. The van der Waals surface area contributed by atoms with Crippen LogP contribution in [0.15, 0.2) is 53.4 Å². The first kappa shape index (κ1) is 18.8. The van der Waals surface area contributed by atoms with Gasteiger partial charge >= 0.3 is 0 Å². The number of benzene rings is 2. The van der Waals surface area contributed by atoms with E-state index in [2.05, 4.69) is 4.90 Å². The topological polar surface area (TPSA) is 49.9 Å². The van der Waals surface area contributed by atoms with E-state index in [0.717, 1.165) is 11.3 Å². The third-order valence-electron chi connectivity index (χ3n) is 4.45. The van der Waals surface area contributed by atoms with Gasteiger partial charge in [-0.3, -0.25) is 4.90 Å². The molecule has 0 N–H and O–H groups in total. The lowest BCUT2D eigenvalue weighted by atomic mass is 10.2. The summed E-state index contributed by atoms with van der Waals surface area (Å²) in [6.07, 6.45) is 0. The normalized spacial score (nSPS) is 16.5. The van der Waals surface area contributed by atoms with Crippen LogP contribution in [0.2, 0.25) is 0 Å². The maximum Gasteiger partial charge on any atom is 0.246 e. The minimum atomic E-state index is -3.80. The Kier molecular flexibility index (Phi) is 5.90. The van der Waals surface area contributed by atoms with Crippen molar-refractivity contribution in [3.63, 3.8) is 0 Å². The van der Waals surface area contributed by atoms with Crippen molar-refractivity contribution in [1.82, 2.24) is 9.21 Å². The van der Waals surface area contributed by atoms with E-state index in [1.54, 1.807) is 0 Å². The Morgan fingerprint density at radius 3 is 2.35 bits per heavy atom. The largest absolute Gasteiger partial charge is 0.494 e. The average Bonchev–Trinajstić information content (AvgIpc) is 2.64. The summed E-state index contributed by atoms with van der Waals surface area (Å²) in [6, 6.07) is 13.4. The predicted octanol–water partition coefficient (Wildman–Crippen LogP) is 2.73. The number of hydrogen-bond donors (Lipinski definition) is 0. The Bertz CT molecular complexity index is 849. The Balaban J connectivity index is 1.66. The Hall–Kier alpha value is -1.96. The van der Waals surface area contributed by atoms with Crippen molar-refractivity contribution < 1.29 is 17.5 Å². The molecule has 5 nitrogen and oxygen atoms in total. The van der Waals surface area contributed by atoms with E-state index in [1.165, 1.54) is 28.6 Å². The highest BCUT2D eigenvalue weighted by Crippen LogP contribution is 2.23. The van der Waals surface area contributed by atoms with E-state index < -0.39 is 15.8 Å². The average molecular weight is 378 g/mol. The minimum absolute atomic E-state index is 0.254. The molecule has 26 heavy (non-hydrogen) atoms. The number of piperazine rings is 1. The van der Waals surface area contributed by atoms with Crippen LogP contribution in [-0.4, -0.2) is 50.4 Å². The lowest BCUT2D eigenvalue weighted by Crippen LogP contribution is -2.48. The maximum absolute atomic E-state index is 13.9. The van der Waals surface area contributed by atoms with Gasteiger partial charge < -0.3 is 4.74 Å². The SMILES string of the molecule is CCOc1ccccc1CN1CCN(S(=O)(=O)c2ccccc2F)CC1. The minimum Gasteiger partial charge on any atom is -0.494 e. The Morgan fingerprint density at radius 2 is 1.65 bits per heavy atom. The second-order valence-electron chi connectivity index (χ2n) is 6.15. The highest BCUT2D eigenvalue weighted by atomic mass is 32.2. The molecule has 1 fully saturated rings. The summed E-state index contributed by atoms with van der Waals surface area (Å²) in [5.41, 5.74) is 1.08. The van der Waals surface area contributed by atoms with E-state index >= 15 is 0 Å². The summed E-state index contributed by atoms with van der Waals surface area (Å²) in [5, 5.41) is 0. The Labute approximate surface area is 154 Å². The zero-order valence-electron chi connectivity index (χ0n) is 14.8. The molecule has 0 unspecified atom stereocenters. The third-order valence-corrected chi connectivity index (χ3v) is 6.38. The molecule has 2 aromatic carbocycles. The summed E-state index contributed by atoms with van der Waals surface area (Å²) in [6.45, 7) is 5.11. The van der Waals surface area contributed by atoms with Gasteiger partial charge in [0.1, 0.15) is 16.5 Å². The van der Waals surface area contributed by atoms with E-state index in [1.807, 2.05) is 31.2 Å². The summed E-state index contributed by atoms with van der Waals surface area (Å²) in [4.78, 5) is 1.93. The van der Waals surface area contributed by atoms with Gasteiger partial charge in [0, 0.05) is 38.3 Å². The molecule has 0 aliphatic carbocycles. The van der Waals surface area contributed by atoms with Gasteiger partial charge in [-0.05, 0) is 25.1 Å². The molecule has 2 aromatic rings. The predicted molar refractivity (Wildman–Crippen MR) is 98.0 cm³/mol. The lowest BCUT2D eigenvalue weighted by molar-refractivity contribution is 0.179. The van der Waals surface area contributed by atoms with Crippen LogP contribution in [0.25, 0.3) is 0 Å². The van der Waals surface area contributed by atoms with Crippen LogP contribution in [0.1, 0.15) is 12.5 Å². The summed E-state index contributed by atoms with van der Waals surface area (Å²) in [5.74, 6) is 0.150. The van der Waals surface area contributed by atoms with Gasteiger partial charge in [0.05, 0.1) is 6.61 Å². The Morgan fingerprint density at radius 1 is 1.00 bits per heavy atom. The van der Waals surface area contributed by atoms with Crippen LogP contribution in [0.3, 0.4) is 0 Å². The number of nitrogens with zero attached hydrogens (tertiary/aromatic N) is 2. The summed E-state index contributed by atoms with van der Waals surface area (Å²) in [7, 11) is -3.80. The number of sulfonamides is 1. The van der Waals surface area contributed by atoms with E-state index in [0.29, 0.717) is 39.3 Å². The zero-order chi connectivity index (χ0) is 18.6. The van der Waals surface area contributed by atoms with Crippen LogP contribution in [-0.2, 0) is 16.6 Å². The van der Waals surface area contributed by atoms with Gasteiger partial charge in [-0.15, -0.1) is 0 Å². The van der Waals surface area contributed by atoms with Crippen molar-refractivity contribution in [1.29, 1.82) is 0 Å². The van der Waals surface area contributed by atoms with Crippen LogP contribution < -0.4 is 4.74 Å². The molecule has 0 radical (unpaired) electrons. The smallest absolute Gasteiger partial charge is 0.246 e. The first-order valence-electron chi connectivity index (χ1n) is 8.70. The van der Waals surface area contributed by atoms with E-state index in [4.69, 9.17) is 4.74 Å². The molecule has 0 aromatic heterocycles. The van der Waals surface area contributed by atoms with Crippen molar-refractivity contribution in [3.05, 3.63) is 59.9 Å². The fraction of sp³-hybridized carbons (Fsp3) is 0.368. The van der Waals surface area contributed by atoms with Crippen LogP contribution >= 0.6 is 0 Å². The van der Waals surface area contributed by atoms with Crippen LogP contribution in [0, 0.1) is 5.82 Å². The summed E-state index contributed by atoms with van der Waals surface area (Å²) >= 11 is 0. The van der Waals surface area contributed by atoms with Gasteiger partial charge in [-0.2, -0.15) is 4.31 Å². The summed E-state index contributed by atoms with van der Waals surface area (Å²) < 4.78 is 46.2. The molecule has 0 amide bonds. The molecule has 0 spiro atoms. The van der Waals surface area contributed by atoms with Gasteiger partial charge in [0.15, 0.2) is 0 Å². The van der Waals surface area contributed by atoms with Gasteiger partial charge in [-0.25, -0.2) is 12.8 Å². The number of halogens is 1. The molecule has 0 saturated carbocycles. The first-order chi connectivity index (χ1) is 12.5. The van der Waals surface area contributed by atoms with E-state index in [-0.39, 0.29) is 4.90 Å². The van der Waals surface area contributed by atoms with Gasteiger partial charge in [0.2, 0.25) is 10.0 Å². The fourth-order valence-electron chi connectivity index (χ4n) is 3.09.